The molecule has 0 saturated heterocycles. The molecule has 5 aliphatic carbocycles. The molecule has 5 rings (SSSR count). The first-order valence-corrected chi connectivity index (χ1v) is 13.1. The van der Waals surface area contributed by atoms with Gasteiger partial charge in [0.05, 0.1) is 5.92 Å². The molecule has 32 heavy (non-hydrogen) atoms. The van der Waals surface area contributed by atoms with E-state index in [4.69, 9.17) is 9.47 Å². The first-order valence-electron chi connectivity index (χ1n) is 13.1. The molecule has 4 bridgehead atoms. The van der Waals surface area contributed by atoms with E-state index in [0.29, 0.717) is 35.2 Å². The van der Waals surface area contributed by atoms with E-state index in [1.165, 1.54) is 57.8 Å². The third-order valence-electron chi connectivity index (χ3n) is 9.37. The minimum Gasteiger partial charge on any atom is -0.459 e. The summed E-state index contributed by atoms with van der Waals surface area (Å²) in [5.74, 6) is 2.32. The van der Waals surface area contributed by atoms with Crippen LogP contribution in [-0.2, 0) is 19.1 Å². The van der Waals surface area contributed by atoms with Gasteiger partial charge in [-0.1, -0.05) is 40.2 Å². The highest BCUT2D eigenvalue weighted by Gasteiger charge is 2.65. The third kappa shape index (κ3) is 4.40. The van der Waals surface area contributed by atoms with Crippen LogP contribution < -0.4 is 0 Å². The summed E-state index contributed by atoms with van der Waals surface area (Å²) < 4.78 is 12.2. The van der Waals surface area contributed by atoms with Crippen LogP contribution in [0.15, 0.2) is 12.2 Å². The predicted molar refractivity (Wildman–Crippen MR) is 126 cm³/mol. The average Bonchev–Trinajstić information content (AvgIpc) is 2.69. The summed E-state index contributed by atoms with van der Waals surface area (Å²) in [5, 5.41) is 0. The van der Waals surface area contributed by atoms with Crippen LogP contribution in [0.5, 0.6) is 0 Å². The normalized spacial score (nSPS) is 42.2. The second-order valence-corrected chi connectivity index (χ2v) is 12.5. The number of rotatable bonds is 7. The van der Waals surface area contributed by atoms with Crippen LogP contribution in [-0.4, -0.2) is 23.6 Å². The van der Waals surface area contributed by atoms with Gasteiger partial charge < -0.3 is 9.47 Å². The SMILES string of the molecule is C=C(C)C(=O)OC(C)CC(C)C(=O)OC1(C2CCCC(C)C2)C2CC3CC1CC(C)(C3)C2. The molecule has 5 saturated carbocycles. The Kier molecular flexibility index (Phi) is 6.55. The zero-order valence-corrected chi connectivity index (χ0v) is 21.0. The Balaban J connectivity index is 1.52. The smallest absolute Gasteiger partial charge is 0.333 e. The average molecular weight is 445 g/mol. The maximum atomic E-state index is 13.5. The molecular weight excluding hydrogens is 400 g/mol. The number of esters is 2. The van der Waals surface area contributed by atoms with Gasteiger partial charge in [-0.05, 0) is 88.4 Å². The minimum absolute atomic E-state index is 0.0842. The summed E-state index contributed by atoms with van der Waals surface area (Å²) in [5.41, 5.74) is 0.567. The molecule has 5 aliphatic rings. The van der Waals surface area contributed by atoms with Crippen molar-refractivity contribution in [3.8, 4) is 0 Å². The number of hydrogen-bond donors (Lipinski definition) is 0. The summed E-state index contributed by atoms with van der Waals surface area (Å²) in [6, 6.07) is 0. The Morgan fingerprint density at radius 1 is 1.03 bits per heavy atom. The molecule has 6 unspecified atom stereocenters. The summed E-state index contributed by atoms with van der Waals surface area (Å²) in [7, 11) is 0. The lowest BCUT2D eigenvalue weighted by Crippen LogP contribution is -2.66. The molecule has 0 amide bonds. The second-order valence-electron chi connectivity index (χ2n) is 12.5. The highest BCUT2D eigenvalue weighted by atomic mass is 16.6. The Bertz CT molecular complexity index is 730. The molecule has 0 radical (unpaired) electrons. The van der Waals surface area contributed by atoms with Gasteiger partial charge in [0, 0.05) is 17.4 Å². The first-order chi connectivity index (χ1) is 15.0. The fourth-order valence-corrected chi connectivity index (χ4v) is 8.35. The molecule has 4 heteroatoms. The molecular formula is C28H44O4. The maximum Gasteiger partial charge on any atom is 0.333 e. The van der Waals surface area contributed by atoms with E-state index in [1.54, 1.807) is 6.92 Å². The van der Waals surface area contributed by atoms with Gasteiger partial charge in [0.1, 0.15) is 11.7 Å². The summed E-state index contributed by atoms with van der Waals surface area (Å²) in [6.45, 7) is 13.9. The summed E-state index contributed by atoms with van der Waals surface area (Å²) in [4.78, 5) is 25.4. The summed E-state index contributed by atoms with van der Waals surface area (Å²) in [6.07, 6.45) is 11.4. The van der Waals surface area contributed by atoms with Crippen LogP contribution in [0.25, 0.3) is 0 Å². The van der Waals surface area contributed by atoms with Crippen molar-refractivity contribution in [1.29, 1.82) is 0 Å². The Morgan fingerprint density at radius 2 is 1.69 bits per heavy atom. The lowest BCUT2D eigenvalue weighted by atomic mass is 9.42. The van der Waals surface area contributed by atoms with Crippen molar-refractivity contribution in [3.63, 3.8) is 0 Å². The maximum absolute atomic E-state index is 13.5. The standard InChI is InChI=1S/C28H44O4/c1-17(2)25(29)31-20(5)11-19(4)26(30)32-28(22-9-7-8-18(3)10-22)23-12-21-13-24(28)16-27(6,14-21)15-23/h18-24H,1,7-16H2,2-6H3. The van der Waals surface area contributed by atoms with E-state index in [-0.39, 0.29) is 29.6 Å². The van der Waals surface area contributed by atoms with Gasteiger partial charge in [-0.3, -0.25) is 4.79 Å². The molecule has 0 N–H and O–H groups in total. The lowest BCUT2D eigenvalue weighted by molar-refractivity contribution is -0.249. The van der Waals surface area contributed by atoms with Crippen LogP contribution in [0.1, 0.15) is 98.8 Å². The van der Waals surface area contributed by atoms with Gasteiger partial charge in [0.15, 0.2) is 0 Å². The van der Waals surface area contributed by atoms with Gasteiger partial charge in [-0.15, -0.1) is 0 Å². The monoisotopic (exact) mass is 444 g/mol. The van der Waals surface area contributed by atoms with Gasteiger partial charge in [0.25, 0.3) is 0 Å². The molecule has 0 aromatic heterocycles. The Morgan fingerprint density at radius 3 is 2.25 bits per heavy atom. The molecule has 0 spiro atoms. The van der Waals surface area contributed by atoms with Gasteiger partial charge in [0.2, 0.25) is 0 Å². The fraction of sp³-hybridized carbons (Fsp3) is 0.857. The molecule has 0 aliphatic heterocycles. The highest BCUT2D eigenvalue weighted by Crippen LogP contribution is 2.67. The van der Waals surface area contributed by atoms with E-state index in [2.05, 4.69) is 20.4 Å². The Labute approximate surface area is 194 Å². The van der Waals surface area contributed by atoms with Crippen LogP contribution in [0.2, 0.25) is 0 Å². The van der Waals surface area contributed by atoms with Gasteiger partial charge in [-0.25, -0.2) is 4.79 Å². The lowest BCUT2D eigenvalue weighted by Gasteiger charge is -2.66. The van der Waals surface area contributed by atoms with E-state index in [9.17, 15) is 9.59 Å². The number of carbonyl (C=O) groups excluding carboxylic acids is 2. The number of carbonyl (C=O) groups is 2. The Hall–Kier alpha value is -1.32. The highest BCUT2D eigenvalue weighted by molar-refractivity contribution is 5.87. The van der Waals surface area contributed by atoms with E-state index in [0.717, 1.165) is 11.8 Å². The first kappa shape index (κ1) is 23.8. The van der Waals surface area contributed by atoms with Crippen molar-refractivity contribution >= 4 is 11.9 Å². The zero-order chi connectivity index (χ0) is 23.3. The van der Waals surface area contributed by atoms with Crippen LogP contribution in [0.4, 0.5) is 0 Å². The predicted octanol–water partition coefficient (Wildman–Crippen LogP) is 6.47. The quantitative estimate of drug-likeness (QED) is 0.333. The van der Waals surface area contributed by atoms with Crippen molar-refractivity contribution in [1.82, 2.24) is 0 Å². The minimum atomic E-state index is -0.389. The van der Waals surface area contributed by atoms with Crippen molar-refractivity contribution in [2.75, 3.05) is 0 Å². The molecule has 0 aromatic rings. The number of hydrogen-bond acceptors (Lipinski definition) is 4. The van der Waals surface area contributed by atoms with Crippen molar-refractivity contribution in [2.45, 2.75) is 111 Å². The molecule has 0 heterocycles. The van der Waals surface area contributed by atoms with Gasteiger partial charge >= 0.3 is 11.9 Å². The zero-order valence-electron chi connectivity index (χ0n) is 21.0. The molecule has 5 fully saturated rings. The largest absolute Gasteiger partial charge is 0.459 e. The topological polar surface area (TPSA) is 52.6 Å². The van der Waals surface area contributed by atoms with E-state index >= 15 is 0 Å². The molecule has 180 valence electrons. The van der Waals surface area contributed by atoms with E-state index < -0.39 is 0 Å². The molecule has 4 nitrogen and oxygen atoms in total. The van der Waals surface area contributed by atoms with Crippen LogP contribution in [0, 0.1) is 40.9 Å². The van der Waals surface area contributed by atoms with Crippen molar-refractivity contribution in [3.05, 3.63) is 12.2 Å². The number of ether oxygens (including phenoxy) is 2. The van der Waals surface area contributed by atoms with Crippen LogP contribution in [0.3, 0.4) is 0 Å². The molecule has 0 aromatic carbocycles. The third-order valence-corrected chi connectivity index (χ3v) is 9.37. The van der Waals surface area contributed by atoms with Crippen LogP contribution >= 0.6 is 0 Å². The van der Waals surface area contributed by atoms with Gasteiger partial charge in [-0.2, -0.15) is 0 Å². The van der Waals surface area contributed by atoms with Crippen molar-refractivity contribution in [2.24, 2.45) is 40.9 Å². The van der Waals surface area contributed by atoms with Crippen molar-refractivity contribution < 1.29 is 19.1 Å². The molecule has 6 atom stereocenters. The second kappa shape index (κ2) is 8.80. The van der Waals surface area contributed by atoms with E-state index in [1.807, 2.05) is 13.8 Å². The fourth-order valence-electron chi connectivity index (χ4n) is 8.35. The summed E-state index contributed by atoms with van der Waals surface area (Å²) >= 11 is 0.